The maximum Gasteiger partial charge on any atom is 0.351 e. The van der Waals surface area contributed by atoms with Crippen molar-refractivity contribution in [3.63, 3.8) is 0 Å². The van der Waals surface area contributed by atoms with Crippen molar-refractivity contribution in [2.24, 2.45) is 0 Å². The summed E-state index contributed by atoms with van der Waals surface area (Å²) >= 11 is 8.29. The third-order valence-electron chi connectivity index (χ3n) is 7.36. The summed E-state index contributed by atoms with van der Waals surface area (Å²) in [5, 5.41) is 3.10. The highest BCUT2D eigenvalue weighted by molar-refractivity contribution is 9.11. The Morgan fingerprint density at radius 1 is 1.02 bits per heavy atom. The van der Waals surface area contributed by atoms with Gasteiger partial charge in [-0.2, -0.15) is 0 Å². The van der Waals surface area contributed by atoms with Crippen molar-refractivity contribution in [2.75, 3.05) is 25.7 Å². The maximum atomic E-state index is 14.0. The van der Waals surface area contributed by atoms with Crippen LogP contribution in [0.2, 0.25) is 0 Å². The molecule has 248 valence electrons. The number of hydrogen-bond acceptors (Lipinski definition) is 8. The van der Waals surface area contributed by atoms with Crippen molar-refractivity contribution >= 4 is 66.9 Å². The highest BCUT2D eigenvalue weighted by atomic mass is 79.9. The zero-order chi connectivity index (χ0) is 33.4. The monoisotopic (exact) mass is 778 g/mol. The lowest BCUT2D eigenvalue weighted by molar-refractivity contribution is -0.157. The molecule has 46 heavy (non-hydrogen) atoms. The number of thiophene rings is 1. The van der Waals surface area contributed by atoms with Gasteiger partial charge in [0.2, 0.25) is 0 Å². The maximum absolute atomic E-state index is 14.0. The Morgan fingerprint density at radius 3 is 2.39 bits per heavy atom. The van der Waals surface area contributed by atoms with E-state index in [2.05, 4.69) is 37.2 Å². The molecule has 1 saturated carbocycles. The number of esters is 2. The van der Waals surface area contributed by atoms with Gasteiger partial charge in [0.15, 0.2) is 17.2 Å². The molecule has 1 aliphatic carbocycles. The van der Waals surface area contributed by atoms with E-state index in [4.69, 9.17) is 18.9 Å². The van der Waals surface area contributed by atoms with Gasteiger partial charge in [-0.1, -0.05) is 59.5 Å². The van der Waals surface area contributed by atoms with Crippen LogP contribution in [0.5, 0.6) is 5.75 Å². The Labute approximate surface area is 291 Å². The number of nitrogens with zero attached hydrogens (tertiary/aromatic N) is 1. The Morgan fingerprint density at radius 2 is 1.74 bits per heavy atom. The fourth-order valence-electron chi connectivity index (χ4n) is 5.35. The van der Waals surface area contributed by atoms with Crippen LogP contribution in [0.15, 0.2) is 57.5 Å². The highest BCUT2D eigenvalue weighted by Crippen LogP contribution is 2.46. The fraction of sp³-hybridized carbons (Fsp3) is 0.441. The zero-order valence-corrected chi connectivity index (χ0v) is 30.7. The van der Waals surface area contributed by atoms with E-state index in [1.165, 1.54) is 18.4 Å². The van der Waals surface area contributed by atoms with E-state index in [1.54, 1.807) is 27.9 Å². The minimum atomic E-state index is -0.679. The topological polar surface area (TPSA) is 103 Å². The molecule has 12 heteroatoms. The second-order valence-electron chi connectivity index (χ2n) is 12.0. The molecule has 0 aliphatic heterocycles. The van der Waals surface area contributed by atoms with E-state index >= 15 is 0 Å². The number of urea groups is 1. The minimum absolute atomic E-state index is 0.0116. The molecule has 1 aromatic heterocycles. The Hall–Kier alpha value is -2.93. The molecule has 9 nitrogen and oxygen atoms in total. The van der Waals surface area contributed by atoms with Crippen LogP contribution in [-0.2, 0) is 25.4 Å². The number of carbonyl (C=O) groups excluding carboxylic acids is 3. The summed E-state index contributed by atoms with van der Waals surface area (Å²) in [7, 11) is 2.88. The largest absolute Gasteiger partial charge is 0.479 e. The van der Waals surface area contributed by atoms with Crippen molar-refractivity contribution in [2.45, 2.75) is 77.2 Å². The lowest BCUT2D eigenvalue weighted by atomic mass is 9.93. The molecule has 4 rings (SSSR count). The van der Waals surface area contributed by atoms with Gasteiger partial charge in [0, 0.05) is 29.7 Å². The van der Waals surface area contributed by atoms with Crippen molar-refractivity contribution in [3.05, 3.63) is 67.9 Å². The third-order valence-corrected chi connectivity index (χ3v) is 10.1. The molecule has 2 amide bonds. The fourth-order valence-corrected chi connectivity index (χ4v) is 7.76. The first-order valence-electron chi connectivity index (χ1n) is 15.1. The normalized spacial score (nSPS) is 14.3. The average Bonchev–Trinajstić information content (AvgIpc) is 3.35. The SMILES string of the molecule is COC(=O)c1sc(-c2cccc(N(C(=O)NC(Cc3cccc(Br)c3)OC)C3CCCCC3)c2)c(Br)c1OCC(=O)OC(C)(C)C. The van der Waals surface area contributed by atoms with Crippen LogP contribution in [-0.4, -0.2) is 56.7 Å². The minimum Gasteiger partial charge on any atom is -0.479 e. The molecule has 0 radical (unpaired) electrons. The second kappa shape index (κ2) is 16.3. The summed E-state index contributed by atoms with van der Waals surface area (Å²) in [5.74, 6) is -0.958. The van der Waals surface area contributed by atoms with Crippen LogP contribution in [0.3, 0.4) is 0 Å². The highest BCUT2D eigenvalue weighted by Gasteiger charge is 2.30. The second-order valence-corrected chi connectivity index (χ2v) is 14.7. The Balaban J connectivity index is 1.65. The molecular weight excluding hydrogens is 740 g/mol. The summed E-state index contributed by atoms with van der Waals surface area (Å²) < 4.78 is 23.4. The number of anilines is 1. The molecule has 0 saturated heterocycles. The van der Waals surface area contributed by atoms with Crippen LogP contribution < -0.4 is 15.0 Å². The van der Waals surface area contributed by atoms with Gasteiger partial charge in [-0.3, -0.25) is 4.90 Å². The Bertz CT molecular complexity index is 1530. The van der Waals surface area contributed by atoms with Gasteiger partial charge in [-0.25, -0.2) is 14.4 Å². The van der Waals surface area contributed by atoms with E-state index in [-0.39, 0.29) is 29.3 Å². The van der Waals surface area contributed by atoms with Crippen LogP contribution >= 0.6 is 43.2 Å². The number of nitrogens with one attached hydrogen (secondary N) is 1. The van der Waals surface area contributed by atoms with Crippen molar-refractivity contribution in [1.29, 1.82) is 0 Å². The van der Waals surface area contributed by atoms with Gasteiger partial charge in [-0.05, 0) is 84.9 Å². The molecule has 1 fully saturated rings. The quantitative estimate of drug-likeness (QED) is 0.154. The molecule has 1 aliphatic rings. The summed E-state index contributed by atoms with van der Waals surface area (Å²) in [5.41, 5.74) is 1.83. The lowest BCUT2D eigenvalue weighted by Gasteiger charge is -2.35. The lowest BCUT2D eigenvalue weighted by Crippen LogP contribution is -2.51. The van der Waals surface area contributed by atoms with E-state index in [1.807, 2.05) is 53.4 Å². The number of rotatable bonds is 11. The predicted molar refractivity (Wildman–Crippen MR) is 187 cm³/mol. The van der Waals surface area contributed by atoms with Crippen LogP contribution in [0.25, 0.3) is 10.4 Å². The zero-order valence-electron chi connectivity index (χ0n) is 26.7. The number of halogens is 2. The first kappa shape index (κ1) is 35.9. The molecule has 0 bridgehead atoms. The van der Waals surface area contributed by atoms with E-state index in [0.717, 1.165) is 53.4 Å². The molecular formula is C34H40Br2N2O7S. The van der Waals surface area contributed by atoms with Gasteiger partial charge < -0.3 is 24.3 Å². The number of methoxy groups -OCH3 is 2. The molecule has 1 heterocycles. The number of ether oxygens (including phenoxy) is 4. The van der Waals surface area contributed by atoms with Gasteiger partial charge in [0.05, 0.1) is 16.5 Å². The average molecular weight is 781 g/mol. The predicted octanol–water partition coefficient (Wildman–Crippen LogP) is 8.51. The summed E-state index contributed by atoms with van der Waals surface area (Å²) in [6.07, 6.45) is 4.96. The van der Waals surface area contributed by atoms with Crippen LogP contribution in [0.1, 0.15) is 68.1 Å². The first-order chi connectivity index (χ1) is 21.9. The number of carbonyl (C=O) groups is 3. The van der Waals surface area contributed by atoms with Gasteiger partial charge in [-0.15, -0.1) is 11.3 Å². The van der Waals surface area contributed by atoms with Crippen molar-refractivity contribution < 1.29 is 33.3 Å². The molecule has 2 aromatic carbocycles. The van der Waals surface area contributed by atoms with Crippen LogP contribution in [0, 0.1) is 0 Å². The van der Waals surface area contributed by atoms with Gasteiger partial charge in [0.1, 0.15) is 11.8 Å². The first-order valence-corrected chi connectivity index (χ1v) is 17.5. The molecule has 1 atom stereocenters. The summed E-state index contributed by atoms with van der Waals surface area (Å²) in [4.78, 5) is 41.9. The van der Waals surface area contributed by atoms with Crippen molar-refractivity contribution in [3.8, 4) is 16.2 Å². The molecule has 0 spiro atoms. The van der Waals surface area contributed by atoms with E-state index in [9.17, 15) is 14.4 Å². The van der Waals surface area contributed by atoms with E-state index < -0.39 is 23.8 Å². The van der Waals surface area contributed by atoms with Crippen molar-refractivity contribution in [1.82, 2.24) is 5.32 Å². The standard InChI is InChI=1S/C34H40Br2N2O7S/c1-34(2,3)45-27(39)20-44-29-28(36)30(46-31(29)32(40)43-5)22-12-10-16-25(19-22)38(24-14-7-6-8-15-24)33(41)37-26(42-4)18-21-11-9-13-23(35)17-21/h9-13,16-17,19,24,26H,6-8,14-15,18,20H2,1-5H3,(H,37,41). The smallest absolute Gasteiger partial charge is 0.351 e. The third kappa shape index (κ3) is 9.56. The van der Waals surface area contributed by atoms with Gasteiger partial charge in [0.25, 0.3) is 0 Å². The number of amides is 2. The van der Waals surface area contributed by atoms with Crippen LogP contribution in [0.4, 0.5) is 10.5 Å². The van der Waals surface area contributed by atoms with Gasteiger partial charge >= 0.3 is 18.0 Å². The number of benzene rings is 2. The summed E-state index contributed by atoms with van der Waals surface area (Å²) in [6, 6.07) is 15.3. The molecule has 1 unspecified atom stereocenters. The Kier molecular flexibility index (Phi) is 12.7. The molecule has 1 N–H and O–H groups in total. The summed E-state index contributed by atoms with van der Waals surface area (Å²) in [6.45, 7) is 4.92. The van der Waals surface area contributed by atoms with E-state index in [0.29, 0.717) is 15.8 Å². The number of hydrogen-bond donors (Lipinski definition) is 1. The molecule has 3 aromatic rings.